The van der Waals surface area contributed by atoms with E-state index in [1.54, 1.807) is 60.2 Å². The van der Waals surface area contributed by atoms with Crippen LogP contribution in [0.4, 0.5) is 0 Å². The molecular weight excluding hydrogens is 468 g/mol. The summed E-state index contributed by atoms with van der Waals surface area (Å²) in [4.78, 5) is 32.4. The van der Waals surface area contributed by atoms with Crippen molar-refractivity contribution in [3.63, 3.8) is 0 Å². The van der Waals surface area contributed by atoms with Crippen molar-refractivity contribution in [1.82, 2.24) is 30.0 Å². The molecular formula is C24H24N6O4S. The van der Waals surface area contributed by atoms with Crippen molar-refractivity contribution in [3.05, 3.63) is 88.8 Å². The summed E-state index contributed by atoms with van der Waals surface area (Å²) in [6, 6.07) is 13.0. The first-order valence-electron chi connectivity index (χ1n) is 10.7. The molecule has 2 aromatic carbocycles. The third-order valence-corrected chi connectivity index (χ3v) is 6.19. The fraction of sp³-hybridized carbons (Fsp3) is 0.208. The standard InChI is InChI=1S/C24H24N6O4S/c1-3-12-30-21(19(13-31)26-22(32)15-8-10-16(34-2)11-9-15)28-29-24(30)35-14-20-25-18-7-5-4-6-17(18)23(33)27-20/h3-11,19,31H,1,12-14H2,2H3,(H,26,32)(H,25,27,33). The van der Waals surface area contributed by atoms with E-state index in [-0.39, 0.29) is 18.1 Å². The van der Waals surface area contributed by atoms with Crippen LogP contribution in [-0.2, 0) is 12.3 Å². The molecule has 1 amide bonds. The number of amides is 1. The van der Waals surface area contributed by atoms with Crippen molar-refractivity contribution in [2.75, 3.05) is 13.7 Å². The Morgan fingerprint density at radius 1 is 1.26 bits per heavy atom. The SMILES string of the molecule is C=CCn1c(SCc2nc3ccccc3c(=O)[nH]2)nnc1C(CO)NC(=O)c1ccc(OC)cc1. The van der Waals surface area contributed by atoms with Crippen molar-refractivity contribution >= 4 is 28.6 Å². The highest BCUT2D eigenvalue weighted by Crippen LogP contribution is 2.24. The van der Waals surface area contributed by atoms with Gasteiger partial charge >= 0.3 is 0 Å². The summed E-state index contributed by atoms with van der Waals surface area (Å²) in [5.74, 6) is 1.50. The zero-order valence-electron chi connectivity index (χ0n) is 19.0. The lowest BCUT2D eigenvalue weighted by atomic mass is 10.2. The minimum absolute atomic E-state index is 0.207. The van der Waals surface area contributed by atoms with Crippen LogP contribution in [0, 0.1) is 0 Å². The molecule has 35 heavy (non-hydrogen) atoms. The van der Waals surface area contributed by atoms with Crippen LogP contribution >= 0.6 is 11.8 Å². The monoisotopic (exact) mass is 492 g/mol. The van der Waals surface area contributed by atoms with Gasteiger partial charge < -0.3 is 24.7 Å². The number of para-hydroxylation sites is 1. The molecule has 0 bridgehead atoms. The third kappa shape index (κ3) is 5.42. The fourth-order valence-corrected chi connectivity index (χ4v) is 4.30. The van der Waals surface area contributed by atoms with Crippen LogP contribution in [0.3, 0.4) is 0 Å². The number of allylic oxidation sites excluding steroid dienone is 1. The van der Waals surface area contributed by atoms with E-state index in [4.69, 9.17) is 4.74 Å². The molecule has 0 spiro atoms. The zero-order chi connectivity index (χ0) is 24.8. The lowest BCUT2D eigenvalue weighted by Crippen LogP contribution is -2.33. The minimum Gasteiger partial charge on any atom is -0.497 e. The second-order valence-electron chi connectivity index (χ2n) is 7.50. The first kappa shape index (κ1) is 24.2. The predicted molar refractivity (Wildman–Crippen MR) is 132 cm³/mol. The zero-order valence-corrected chi connectivity index (χ0v) is 19.8. The number of thioether (sulfide) groups is 1. The van der Waals surface area contributed by atoms with Gasteiger partial charge in [0.1, 0.15) is 17.6 Å². The Balaban J connectivity index is 1.53. The summed E-state index contributed by atoms with van der Waals surface area (Å²) < 4.78 is 6.88. The van der Waals surface area contributed by atoms with E-state index >= 15 is 0 Å². The van der Waals surface area contributed by atoms with Crippen LogP contribution < -0.4 is 15.6 Å². The molecule has 10 nitrogen and oxygen atoms in total. The van der Waals surface area contributed by atoms with E-state index < -0.39 is 6.04 Å². The van der Waals surface area contributed by atoms with Crippen molar-refractivity contribution in [3.8, 4) is 5.75 Å². The summed E-state index contributed by atoms with van der Waals surface area (Å²) in [5, 5.41) is 22.3. The number of hydrogen-bond acceptors (Lipinski definition) is 8. The van der Waals surface area contributed by atoms with Crippen molar-refractivity contribution in [2.24, 2.45) is 0 Å². The largest absolute Gasteiger partial charge is 0.497 e. The number of rotatable bonds is 10. The number of aliphatic hydroxyl groups is 1. The molecule has 0 aliphatic heterocycles. The van der Waals surface area contributed by atoms with Crippen LogP contribution in [0.2, 0.25) is 0 Å². The second kappa shape index (κ2) is 11.0. The van der Waals surface area contributed by atoms with Crippen LogP contribution in [0.5, 0.6) is 5.75 Å². The molecule has 180 valence electrons. The van der Waals surface area contributed by atoms with Gasteiger partial charge in [0.05, 0.1) is 30.4 Å². The second-order valence-corrected chi connectivity index (χ2v) is 8.44. The number of carbonyl (C=O) groups excluding carboxylic acids is 1. The number of H-pyrrole nitrogens is 1. The predicted octanol–water partition coefficient (Wildman–Crippen LogP) is 2.46. The van der Waals surface area contributed by atoms with Gasteiger partial charge in [0, 0.05) is 12.1 Å². The molecule has 0 fully saturated rings. The highest BCUT2D eigenvalue weighted by Gasteiger charge is 2.23. The van der Waals surface area contributed by atoms with Crippen molar-refractivity contribution < 1.29 is 14.6 Å². The molecule has 4 rings (SSSR count). The Morgan fingerprint density at radius 3 is 2.74 bits per heavy atom. The number of fused-ring (bicyclic) bond motifs is 1. The quantitative estimate of drug-likeness (QED) is 0.227. The summed E-state index contributed by atoms with van der Waals surface area (Å²) in [7, 11) is 1.55. The van der Waals surface area contributed by atoms with E-state index in [0.29, 0.717) is 51.3 Å². The molecule has 4 aromatic rings. The number of aliphatic hydroxyl groups excluding tert-OH is 1. The summed E-state index contributed by atoms with van der Waals surface area (Å²) in [5.41, 5.74) is 0.822. The number of ether oxygens (including phenoxy) is 1. The van der Waals surface area contributed by atoms with Gasteiger partial charge in [-0.1, -0.05) is 30.0 Å². The first-order valence-corrected chi connectivity index (χ1v) is 11.7. The molecule has 1 atom stereocenters. The van der Waals surface area contributed by atoms with Crippen LogP contribution in [-0.4, -0.2) is 49.5 Å². The lowest BCUT2D eigenvalue weighted by molar-refractivity contribution is 0.0911. The van der Waals surface area contributed by atoms with Crippen molar-refractivity contribution in [2.45, 2.75) is 23.5 Å². The number of aromatic nitrogens is 5. The van der Waals surface area contributed by atoms with E-state index in [0.717, 1.165) is 0 Å². The Labute approximate surface area is 205 Å². The number of carbonyl (C=O) groups is 1. The topological polar surface area (TPSA) is 135 Å². The van der Waals surface area contributed by atoms with E-state index in [1.807, 2.05) is 6.07 Å². The number of nitrogens with one attached hydrogen (secondary N) is 2. The number of hydrogen-bond donors (Lipinski definition) is 3. The molecule has 1 unspecified atom stereocenters. The lowest BCUT2D eigenvalue weighted by Gasteiger charge is -2.17. The van der Waals surface area contributed by atoms with E-state index in [9.17, 15) is 14.7 Å². The van der Waals surface area contributed by atoms with Gasteiger partial charge in [0.2, 0.25) is 0 Å². The van der Waals surface area contributed by atoms with Gasteiger partial charge in [-0.05, 0) is 36.4 Å². The van der Waals surface area contributed by atoms with Crippen LogP contribution in [0.1, 0.15) is 28.0 Å². The number of nitrogens with zero attached hydrogens (tertiary/aromatic N) is 4. The smallest absolute Gasteiger partial charge is 0.258 e. The van der Waals surface area contributed by atoms with E-state index in [1.165, 1.54) is 11.8 Å². The Hall–Kier alpha value is -3.96. The maximum Gasteiger partial charge on any atom is 0.258 e. The molecule has 3 N–H and O–H groups in total. The summed E-state index contributed by atoms with van der Waals surface area (Å²) in [6.45, 7) is 3.77. The van der Waals surface area contributed by atoms with Crippen molar-refractivity contribution in [1.29, 1.82) is 0 Å². The normalized spacial score (nSPS) is 11.8. The summed E-state index contributed by atoms with van der Waals surface area (Å²) in [6.07, 6.45) is 1.67. The Kier molecular flexibility index (Phi) is 7.58. The Morgan fingerprint density at radius 2 is 2.03 bits per heavy atom. The minimum atomic E-state index is -0.787. The third-order valence-electron chi connectivity index (χ3n) is 5.21. The maximum atomic E-state index is 12.7. The van der Waals surface area contributed by atoms with Gasteiger partial charge in [-0.3, -0.25) is 9.59 Å². The molecule has 0 aliphatic carbocycles. The number of benzene rings is 2. The van der Waals surface area contributed by atoms with Gasteiger partial charge in [-0.2, -0.15) is 0 Å². The molecule has 2 aromatic heterocycles. The molecule has 11 heteroatoms. The highest BCUT2D eigenvalue weighted by atomic mass is 32.2. The van der Waals surface area contributed by atoms with Gasteiger partial charge in [-0.15, -0.1) is 16.8 Å². The molecule has 0 saturated heterocycles. The first-order chi connectivity index (χ1) is 17.0. The maximum absolute atomic E-state index is 12.7. The van der Waals surface area contributed by atoms with Gasteiger partial charge in [-0.25, -0.2) is 4.98 Å². The van der Waals surface area contributed by atoms with Crippen LogP contribution in [0.15, 0.2) is 71.1 Å². The highest BCUT2D eigenvalue weighted by molar-refractivity contribution is 7.98. The molecule has 0 aliphatic rings. The Bertz CT molecular complexity index is 1400. The van der Waals surface area contributed by atoms with Gasteiger partial charge in [0.25, 0.3) is 11.5 Å². The number of aromatic amines is 1. The molecule has 2 heterocycles. The fourth-order valence-electron chi connectivity index (χ4n) is 3.48. The number of methoxy groups -OCH3 is 1. The average molecular weight is 493 g/mol. The van der Waals surface area contributed by atoms with Crippen LogP contribution in [0.25, 0.3) is 10.9 Å². The molecule has 0 saturated carbocycles. The summed E-state index contributed by atoms with van der Waals surface area (Å²) >= 11 is 1.33. The average Bonchev–Trinajstić information content (AvgIpc) is 3.28. The van der Waals surface area contributed by atoms with Gasteiger partial charge in [0.15, 0.2) is 11.0 Å². The van der Waals surface area contributed by atoms with E-state index in [2.05, 4.69) is 32.1 Å². The molecule has 0 radical (unpaired) electrons.